The number of nitrogens with one attached hydrogen (secondary N) is 1. The number of hydrogen-bond acceptors (Lipinski definition) is 3. The predicted molar refractivity (Wildman–Crippen MR) is 66.7 cm³/mol. The smallest absolute Gasteiger partial charge is 0.0495 e. The highest BCUT2D eigenvalue weighted by Crippen LogP contribution is 2.20. The maximum Gasteiger partial charge on any atom is 0.0495 e. The number of ether oxygens (including phenoxy) is 2. The standard InChI is InChI=1S/C13H27NO2/c1-3-7-14-13(5-4-8-15-2)10-12-6-9-16-11-12/h12-14H,3-11H2,1-2H3. The van der Waals surface area contributed by atoms with E-state index in [-0.39, 0.29) is 0 Å². The molecule has 1 rings (SSSR count). The van der Waals surface area contributed by atoms with Crippen LogP contribution in [-0.4, -0.2) is 39.5 Å². The van der Waals surface area contributed by atoms with E-state index >= 15 is 0 Å². The SMILES string of the molecule is CCCNC(CCCOC)CC1CCOC1. The fourth-order valence-corrected chi connectivity index (χ4v) is 2.30. The summed E-state index contributed by atoms with van der Waals surface area (Å²) in [5.41, 5.74) is 0. The fourth-order valence-electron chi connectivity index (χ4n) is 2.30. The Hall–Kier alpha value is -0.120. The van der Waals surface area contributed by atoms with Gasteiger partial charge >= 0.3 is 0 Å². The van der Waals surface area contributed by atoms with Gasteiger partial charge in [-0.3, -0.25) is 0 Å². The third-order valence-corrected chi connectivity index (χ3v) is 3.23. The maximum absolute atomic E-state index is 5.44. The molecule has 1 aliphatic rings. The van der Waals surface area contributed by atoms with E-state index < -0.39 is 0 Å². The molecule has 2 unspecified atom stereocenters. The number of methoxy groups -OCH3 is 1. The van der Waals surface area contributed by atoms with E-state index in [1.54, 1.807) is 7.11 Å². The van der Waals surface area contributed by atoms with Crippen molar-refractivity contribution in [2.24, 2.45) is 5.92 Å². The molecule has 1 saturated heterocycles. The van der Waals surface area contributed by atoms with Crippen LogP contribution in [0, 0.1) is 5.92 Å². The van der Waals surface area contributed by atoms with Gasteiger partial charge in [0.25, 0.3) is 0 Å². The Labute approximate surface area is 99.9 Å². The normalized spacial score (nSPS) is 22.5. The zero-order chi connectivity index (χ0) is 11.6. The summed E-state index contributed by atoms with van der Waals surface area (Å²) in [7, 11) is 1.78. The molecule has 96 valence electrons. The van der Waals surface area contributed by atoms with Gasteiger partial charge in [0.1, 0.15) is 0 Å². The molecule has 0 aromatic heterocycles. The quantitative estimate of drug-likeness (QED) is 0.615. The van der Waals surface area contributed by atoms with Crippen molar-refractivity contribution in [3.63, 3.8) is 0 Å². The first kappa shape index (κ1) is 13.9. The van der Waals surface area contributed by atoms with Crippen LogP contribution in [-0.2, 0) is 9.47 Å². The lowest BCUT2D eigenvalue weighted by atomic mass is 9.96. The van der Waals surface area contributed by atoms with Gasteiger partial charge in [-0.25, -0.2) is 0 Å². The van der Waals surface area contributed by atoms with Crippen LogP contribution >= 0.6 is 0 Å². The Morgan fingerprint density at radius 2 is 2.38 bits per heavy atom. The molecule has 0 spiro atoms. The summed E-state index contributed by atoms with van der Waals surface area (Å²) >= 11 is 0. The van der Waals surface area contributed by atoms with Crippen LogP contribution < -0.4 is 5.32 Å². The van der Waals surface area contributed by atoms with Crippen LogP contribution in [0.4, 0.5) is 0 Å². The highest BCUT2D eigenvalue weighted by molar-refractivity contribution is 4.74. The molecule has 1 aliphatic heterocycles. The Morgan fingerprint density at radius 3 is 3.00 bits per heavy atom. The molecule has 0 saturated carbocycles. The monoisotopic (exact) mass is 229 g/mol. The second kappa shape index (κ2) is 8.97. The van der Waals surface area contributed by atoms with Gasteiger partial charge < -0.3 is 14.8 Å². The Bertz CT molecular complexity index is 158. The number of hydrogen-bond donors (Lipinski definition) is 1. The van der Waals surface area contributed by atoms with Crippen LogP contribution in [0.1, 0.15) is 39.0 Å². The first-order valence-corrected chi connectivity index (χ1v) is 6.66. The third kappa shape index (κ3) is 5.83. The molecule has 0 radical (unpaired) electrons. The lowest BCUT2D eigenvalue weighted by Crippen LogP contribution is -2.32. The molecule has 3 nitrogen and oxygen atoms in total. The van der Waals surface area contributed by atoms with E-state index in [4.69, 9.17) is 9.47 Å². The van der Waals surface area contributed by atoms with Crippen LogP contribution in [0.2, 0.25) is 0 Å². The zero-order valence-electron chi connectivity index (χ0n) is 10.8. The minimum atomic E-state index is 0.654. The van der Waals surface area contributed by atoms with Gasteiger partial charge in [-0.2, -0.15) is 0 Å². The van der Waals surface area contributed by atoms with Gasteiger partial charge in [0, 0.05) is 33.0 Å². The molecule has 0 aromatic carbocycles. The second-order valence-corrected chi connectivity index (χ2v) is 4.75. The molecule has 16 heavy (non-hydrogen) atoms. The van der Waals surface area contributed by atoms with E-state index in [0.29, 0.717) is 6.04 Å². The van der Waals surface area contributed by atoms with Crippen molar-refractivity contribution in [2.75, 3.05) is 33.5 Å². The summed E-state index contributed by atoms with van der Waals surface area (Å²) in [6.07, 6.45) is 6.11. The second-order valence-electron chi connectivity index (χ2n) is 4.75. The molecular formula is C13H27NO2. The first-order valence-electron chi connectivity index (χ1n) is 6.66. The molecule has 0 amide bonds. The van der Waals surface area contributed by atoms with Gasteiger partial charge in [-0.1, -0.05) is 6.92 Å². The van der Waals surface area contributed by atoms with Crippen molar-refractivity contribution in [1.82, 2.24) is 5.32 Å². The Kier molecular flexibility index (Phi) is 7.81. The average Bonchev–Trinajstić information content (AvgIpc) is 2.78. The van der Waals surface area contributed by atoms with E-state index in [9.17, 15) is 0 Å². The van der Waals surface area contributed by atoms with E-state index in [1.807, 2.05) is 0 Å². The minimum Gasteiger partial charge on any atom is -0.385 e. The minimum absolute atomic E-state index is 0.654. The van der Waals surface area contributed by atoms with E-state index in [2.05, 4.69) is 12.2 Å². The predicted octanol–water partition coefficient (Wildman–Crippen LogP) is 2.21. The van der Waals surface area contributed by atoms with Crippen LogP contribution in [0.5, 0.6) is 0 Å². The van der Waals surface area contributed by atoms with Gasteiger partial charge in [0.2, 0.25) is 0 Å². The van der Waals surface area contributed by atoms with Crippen molar-refractivity contribution in [2.45, 2.75) is 45.1 Å². The first-order chi connectivity index (χ1) is 7.86. The third-order valence-electron chi connectivity index (χ3n) is 3.23. The molecule has 0 bridgehead atoms. The van der Waals surface area contributed by atoms with Crippen molar-refractivity contribution in [3.8, 4) is 0 Å². The molecule has 1 heterocycles. The van der Waals surface area contributed by atoms with Crippen molar-refractivity contribution in [1.29, 1.82) is 0 Å². The van der Waals surface area contributed by atoms with E-state index in [0.717, 1.165) is 38.7 Å². The molecule has 1 fully saturated rings. The maximum atomic E-state index is 5.44. The lowest BCUT2D eigenvalue weighted by molar-refractivity contribution is 0.175. The molecule has 1 N–H and O–H groups in total. The molecule has 3 heteroatoms. The molecule has 0 aliphatic carbocycles. The summed E-state index contributed by atoms with van der Waals surface area (Å²) in [5.74, 6) is 0.775. The van der Waals surface area contributed by atoms with Crippen LogP contribution in [0.3, 0.4) is 0 Å². The largest absolute Gasteiger partial charge is 0.385 e. The molecular weight excluding hydrogens is 202 g/mol. The van der Waals surface area contributed by atoms with Crippen LogP contribution in [0.15, 0.2) is 0 Å². The average molecular weight is 229 g/mol. The summed E-state index contributed by atoms with van der Waals surface area (Å²) in [5, 5.41) is 3.64. The lowest BCUT2D eigenvalue weighted by Gasteiger charge is -2.21. The van der Waals surface area contributed by atoms with Crippen molar-refractivity contribution in [3.05, 3.63) is 0 Å². The highest BCUT2D eigenvalue weighted by atomic mass is 16.5. The summed E-state index contributed by atoms with van der Waals surface area (Å²) in [4.78, 5) is 0. The molecule has 2 atom stereocenters. The van der Waals surface area contributed by atoms with Gasteiger partial charge in [0.05, 0.1) is 0 Å². The highest BCUT2D eigenvalue weighted by Gasteiger charge is 2.20. The Balaban J connectivity index is 2.18. The zero-order valence-corrected chi connectivity index (χ0v) is 10.8. The summed E-state index contributed by atoms with van der Waals surface area (Å²) < 4.78 is 10.5. The van der Waals surface area contributed by atoms with Gasteiger partial charge in [-0.05, 0) is 44.6 Å². The van der Waals surface area contributed by atoms with Crippen molar-refractivity contribution < 1.29 is 9.47 Å². The van der Waals surface area contributed by atoms with E-state index in [1.165, 1.54) is 25.7 Å². The van der Waals surface area contributed by atoms with Gasteiger partial charge in [-0.15, -0.1) is 0 Å². The fraction of sp³-hybridized carbons (Fsp3) is 1.00. The summed E-state index contributed by atoms with van der Waals surface area (Å²) in [6, 6.07) is 0.654. The summed E-state index contributed by atoms with van der Waals surface area (Å²) in [6.45, 7) is 6.16. The topological polar surface area (TPSA) is 30.5 Å². The number of rotatable bonds is 9. The Morgan fingerprint density at radius 1 is 1.50 bits per heavy atom. The van der Waals surface area contributed by atoms with Crippen molar-refractivity contribution >= 4 is 0 Å². The van der Waals surface area contributed by atoms with Crippen LogP contribution in [0.25, 0.3) is 0 Å². The molecule has 0 aromatic rings. The van der Waals surface area contributed by atoms with Gasteiger partial charge in [0.15, 0.2) is 0 Å².